The average molecular weight is 1130 g/mol. The van der Waals surface area contributed by atoms with E-state index in [4.69, 9.17) is 14.2 Å². The Kier molecular flexibility index (Phi) is 66.6. The predicted molar refractivity (Wildman–Crippen MR) is 353 cm³/mol. The van der Waals surface area contributed by atoms with Crippen molar-refractivity contribution in [1.82, 2.24) is 0 Å². The van der Waals surface area contributed by atoms with E-state index in [1.54, 1.807) is 0 Å². The van der Waals surface area contributed by atoms with E-state index in [1.807, 2.05) is 6.08 Å². The fourth-order valence-corrected chi connectivity index (χ4v) is 10.5. The molecule has 0 aromatic rings. The molecule has 0 aliphatic carbocycles. The SMILES string of the molecule is CC/C=C\C/C=C\C/C=C\C/C=C\C/C=C\C/C=C\CCC(=O)OC(COC(=O)CCCCCCCCCCCCCC)COC(=O)CCCCCCCCCCCCCCCCCCCCCCCCCCCCCCCCCC. The molecule has 0 aliphatic rings. The molecule has 0 aromatic heterocycles. The molecule has 0 heterocycles. The Morgan fingerprint density at radius 1 is 0.259 bits per heavy atom. The molecule has 6 heteroatoms. The summed E-state index contributed by atoms with van der Waals surface area (Å²) in [5, 5.41) is 0. The fraction of sp³-hybridized carbons (Fsp3) is 0.800. The summed E-state index contributed by atoms with van der Waals surface area (Å²) >= 11 is 0. The third-order valence-corrected chi connectivity index (χ3v) is 15.7. The first-order chi connectivity index (χ1) is 40.0. The van der Waals surface area contributed by atoms with Gasteiger partial charge in [-0.2, -0.15) is 0 Å². The average Bonchev–Trinajstić information content (AvgIpc) is 3.47. The summed E-state index contributed by atoms with van der Waals surface area (Å²) in [5.41, 5.74) is 0. The van der Waals surface area contributed by atoms with E-state index < -0.39 is 6.10 Å². The maximum Gasteiger partial charge on any atom is 0.306 e. The standard InChI is InChI=1S/C75H134O6/c1-4-7-10-13-16-19-22-25-27-29-31-32-33-34-35-36-37-38-39-40-41-42-43-45-46-48-50-53-56-59-62-65-68-74(77)80-71-72(70-79-73(76)67-64-61-58-55-52-24-21-18-15-12-9-6-3)81-75(78)69-66-63-60-57-54-51-49-47-44-30-28-26-23-20-17-14-11-8-5-2/h8,11,17,20,26,28,44,47,51,54,60,63,72H,4-7,9-10,12-16,18-19,21-25,27,29-43,45-46,48-50,52-53,55-59,61-62,64-71H2,1-3H3/b11-8-,20-17-,28-26-,47-44-,54-51-,63-60-. The number of esters is 3. The molecule has 0 aromatic carbocycles. The molecule has 0 radical (unpaired) electrons. The normalized spacial score (nSPS) is 12.5. The van der Waals surface area contributed by atoms with E-state index in [0.29, 0.717) is 19.3 Å². The smallest absolute Gasteiger partial charge is 0.306 e. The van der Waals surface area contributed by atoms with E-state index in [2.05, 4.69) is 87.6 Å². The van der Waals surface area contributed by atoms with Crippen LogP contribution >= 0.6 is 0 Å². The first-order valence-electron chi connectivity index (χ1n) is 35.4. The molecule has 0 bridgehead atoms. The Morgan fingerprint density at radius 3 is 0.728 bits per heavy atom. The van der Waals surface area contributed by atoms with Crippen LogP contribution in [0.25, 0.3) is 0 Å². The molecule has 0 rings (SSSR count). The van der Waals surface area contributed by atoms with Gasteiger partial charge in [0.2, 0.25) is 0 Å². The number of unbranched alkanes of at least 4 members (excludes halogenated alkanes) is 42. The molecule has 1 unspecified atom stereocenters. The lowest BCUT2D eigenvalue weighted by Crippen LogP contribution is -2.30. The molecule has 0 aliphatic heterocycles. The zero-order chi connectivity index (χ0) is 58.5. The summed E-state index contributed by atoms with van der Waals surface area (Å²) in [7, 11) is 0. The lowest BCUT2D eigenvalue weighted by atomic mass is 10.0. The van der Waals surface area contributed by atoms with Gasteiger partial charge in [0.15, 0.2) is 6.10 Å². The zero-order valence-corrected chi connectivity index (χ0v) is 54.1. The van der Waals surface area contributed by atoms with Crippen LogP contribution in [-0.2, 0) is 28.6 Å². The molecule has 6 nitrogen and oxygen atoms in total. The van der Waals surface area contributed by atoms with E-state index >= 15 is 0 Å². The van der Waals surface area contributed by atoms with Gasteiger partial charge in [-0.05, 0) is 57.8 Å². The minimum Gasteiger partial charge on any atom is -0.462 e. The van der Waals surface area contributed by atoms with E-state index in [9.17, 15) is 14.4 Å². The van der Waals surface area contributed by atoms with Crippen molar-refractivity contribution in [2.24, 2.45) is 0 Å². The number of hydrogen-bond acceptors (Lipinski definition) is 6. The van der Waals surface area contributed by atoms with Gasteiger partial charge in [-0.3, -0.25) is 14.4 Å². The van der Waals surface area contributed by atoms with Crippen molar-refractivity contribution in [3.8, 4) is 0 Å². The largest absolute Gasteiger partial charge is 0.462 e. The second-order valence-electron chi connectivity index (χ2n) is 23.8. The molecular formula is C75H134O6. The molecule has 81 heavy (non-hydrogen) atoms. The van der Waals surface area contributed by atoms with E-state index in [1.165, 1.54) is 244 Å². The second kappa shape index (κ2) is 69.3. The predicted octanol–water partition coefficient (Wildman–Crippen LogP) is 24.4. The maximum atomic E-state index is 12.9. The number of allylic oxidation sites excluding steroid dienone is 12. The highest BCUT2D eigenvalue weighted by atomic mass is 16.6. The first kappa shape index (κ1) is 77.9. The van der Waals surface area contributed by atoms with Crippen LogP contribution in [0, 0.1) is 0 Å². The Morgan fingerprint density at radius 2 is 0.481 bits per heavy atom. The summed E-state index contributed by atoms with van der Waals surface area (Å²) in [4.78, 5) is 38.3. The van der Waals surface area contributed by atoms with Crippen LogP contribution in [0.3, 0.4) is 0 Å². The van der Waals surface area contributed by atoms with Gasteiger partial charge in [0, 0.05) is 19.3 Å². The minimum absolute atomic E-state index is 0.101. The van der Waals surface area contributed by atoms with Gasteiger partial charge < -0.3 is 14.2 Å². The molecule has 0 fully saturated rings. The molecule has 0 N–H and O–H groups in total. The third-order valence-electron chi connectivity index (χ3n) is 15.7. The van der Waals surface area contributed by atoms with Crippen LogP contribution in [0.1, 0.15) is 367 Å². The Labute approximate surface area is 503 Å². The van der Waals surface area contributed by atoms with Crippen molar-refractivity contribution in [2.45, 2.75) is 374 Å². The van der Waals surface area contributed by atoms with Gasteiger partial charge in [0.1, 0.15) is 13.2 Å². The number of ether oxygens (including phenoxy) is 3. The monoisotopic (exact) mass is 1130 g/mol. The molecule has 0 saturated heterocycles. The molecule has 0 saturated carbocycles. The fourth-order valence-electron chi connectivity index (χ4n) is 10.5. The Balaban J connectivity index is 4.19. The Bertz CT molecular complexity index is 1490. The van der Waals surface area contributed by atoms with Crippen molar-refractivity contribution in [1.29, 1.82) is 0 Å². The zero-order valence-electron chi connectivity index (χ0n) is 54.1. The van der Waals surface area contributed by atoms with Gasteiger partial charge >= 0.3 is 17.9 Å². The second-order valence-corrected chi connectivity index (χ2v) is 23.8. The van der Waals surface area contributed by atoms with Crippen molar-refractivity contribution >= 4 is 17.9 Å². The number of rotatable bonds is 65. The molecular weight excluding hydrogens is 997 g/mol. The van der Waals surface area contributed by atoms with Crippen LogP contribution in [-0.4, -0.2) is 37.2 Å². The molecule has 1 atom stereocenters. The summed E-state index contributed by atoms with van der Waals surface area (Å²) in [5.74, 6) is -0.967. The van der Waals surface area contributed by atoms with Crippen molar-refractivity contribution in [3.05, 3.63) is 72.9 Å². The first-order valence-corrected chi connectivity index (χ1v) is 35.4. The maximum absolute atomic E-state index is 12.9. The number of carbonyl (C=O) groups excluding carboxylic acids is 3. The highest BCUT2D eigenvalue weighted by molar-refractivity contribution is 5.71. The number of hydrogen-bond donors (Lipinski definition) is 0. The summed E-state index contributed by atoms with van der Waals surface area (Å²) in [6.45, 7) is 6.51. The molecule has 0 spiro atoms. The van der Waals surface area contributed by atoms with Gasteiger partial charge in [-0.15, -0.1) is 0 Å². The summed E-state index contributed by atoms with van der Waals surface area (Å²) in [6.07, 6.45) is 91.1. The van der Waals surface area contributed by atoms with Gasteiger partial charge in [-0.25, -0.2) is 0 Å². The topological polar surface area (TPSA) is 78.9 Å². The quantitative estimate of drug-likeness (QED) is 0.0261. The highest BCUT2D eigenvalue weighted by Crippen LogP contribution is 2.18. The molecule has 470 valence electrons. The van der Waals surface area contributed by atoms with Crippen LogP contribution in [0.4, 0.5) is 0 Å². The van der Waals surface area contributed by atoms with Crippen molar-refractivity contribution < 1.29 is 28.6 Å². The van der Waals surface area contributed by atoms with Gasteiger partial charge in [-0.1, -0.05) is 363 Å². The third kappa shape index (κ3) is 67.5. The summed E-state index contributed by atoms with van der Waals surface area (Å²) < 4.78 is 16.9. The van der Waals surface area contributed by atoms with Crippen LogP contribution in [0.2, 0.25) is 0 Å². The lowest BCUT2D eigenvalue weighted by Gasteiger charge is -2.18. The van der Waals surface area contributed by atoms with E-state index in [-0.39, 0.29) is 37.5 Å². The lowest BCUT2D eigenvalue weighted by molar-refractivity contribution is -0.166. The van der Waals surface area contributed by atoms with Crippen molar-refractivity contribution in [3.63, 3.8) is 0 Å². The van der Waals surface area contributed by atoms with Gasteiger partial charge in [0.25, 0.3) is 0 Å². The van der Waals surface area contributed by atoms with Crippen LogP contribution in [0.5, 0.6) is 0 Å². The van der Waals surface area contributed by atoms with E-state index in [0.717, 1.165) is 77.0 Å². The summed E-state index contributed by atoms with van der Waals surface area (Å²) in [6, 6.07) is 0. The van der Waals surface area contributed by atoms with Crippen LogP contribution in [0.15, 0.2) is 72.9 Å². The Hall–Kier alpha value is -3.15. The number of carbonyl (C=O) groups is 3. The van der Waals surface area contributed by atoms with Crippen LogP contribution < -0.4 is 0 Å². The van der Waals surface area contributed by atoms with Crippen molar-refractivity contribution in [2.75, 3.05) is 13.2 Å². The molecule has 0 amide bonds. The highest BCUT2D eigenvalue weighted by Gasteiger charge is 2.19. The minimum atomic E-state index is -0.814. The van der Waals surface area contributed by atoms with Gasteiger partial charge in [0.05, 0.1) is 0 Å².